The van der Waals surface area contributed by atoms with Gasteiger partial charge in [-0.1, -0.05) is 0 Å². The summed E-state index contributed by atoms with van der Waals surface area (Å²) in [4.78, 5) is 0. The fourth-order valence-corrected chi connectivity index (χ4v) is 0. The summed E-state index contributed by atoms with van der Waals surface area (Å²) in [5.74, 6) is 0. The molecular formula is H8AlF3O4. The van der Waals surface area contributed by atoms with Crippen molar-refractivity contribution in [3.63, 3.8) is 0 Å². The molecule has 0 saturated carbocycles. The highest BCUT2D eigenvalue weighted by molar-refractivity contribution is 6.33. The van der Waals surface area contributed by atoms with Crippen LogP contribution in [0.2, 0.25) is 0 Å². The van der Waals surface area contributed by atoms with Gasteiger partial charge in [0, 0.05) is 0 Å². The Hall–Kier alpha value is 0.162. The summed E-state index contributed by atoms with van der Waals surface area (Å²) in [6, 6.07) is 0. The minimum atomic E-state index is -4.64. The van der Waals surface area contributed by atoms with Crippen LogP contribution in [0.3, 0.4) is 0 Å². The van der Waals surface area contributed by atoms with Crippen molar-refractivity contribution in [3.8, 4) is 0 Å². The average Bonchev–Trinajstić information content (AvgIpc) is 0.811. The molecule has 0 bridgehead atoms. The van der Waals surface area contributed by atoms with Gasteiger partial charge in [0.25, 0.3) is 0 Å². The van der Waals surface area contributed by atoms with Crippen LogP contribution in [-0.2, 0) is 0 Å². The van der Waals surface area contributed by atoms with Gasteiger partial charge in [0.1, 0.15) is 0 Å². The van der Waals surface area contributed by atoms with Gasteiger partial charge in [-0.15, -0.1) is 0 Å². The quantitative estimate of drug-likeness (QED) is 0.346. The van der Waals surface area contributed by atoms with Gasteiger partial charge < -0.3 is 32.5 Å². The summed E-state index contributed by atoms with van der Waals surface area (Å²) in [5.41, 5.74) is 0. The summed E-state index contributed by atoms with van der Waals surface area (Å²) in [5, 5.41) is 0. The maximum Gasteiger partial charge on any atom is 1.04 e. The SMILES string of the molecule is O.O.O.O.[F][Al]([F])[F]. The van der Waals surface area contributed by atoms with Crippen LogP contribution in [-0.4, -0.2) is 37.4 Å². The lowest BCUT2D eigenvalue weighted by Gasteiger charge is -1.52. The Morgan fingerprint density at radius 3 is 0.625 bits per heavy atom. The molecule has 0 aliphatic heterocycles. The molecule has 8 heavy (non-hydrogen) atoms. The van der Waals surface area contributed by atoms with Crippen molar-refractivity contribution in [2.24, 2.45) is 0 Å². The molecule has 0 aliphatic carbocycles. The molecule has 0 saturated heterocycles. The van der Waals surface area contributed by atoms with Crippen molar-refractivity contribution >= 4 is 15.5 Å². The largest absolute Gasteiger partial charge is 1.04 e. The van der Waals surface area contributed by atoms with Crippen molar-refractivity contribution < 1.29 is 32.5 Å². The number of halogens is 3. The summed E-state index contributed by atoms with van der Waals surface area (Å²) in [7, 11) is 0. The van der Waals surface area contributed by atoms with E-state index in [1.54, 1.807) is 0 Å². The fourth-order valence-electron chi connectivity index (χ4n) is 0. The molecule has 0 atom stereocenters. The lowest BCUT2D eigenvalue weighted by molar-refractivity contribution is 0.535. The van der Waals surface area contributed by atoms with Crippen LogP contribution >= 0.6 is 0 Å². The van der Waals surface area contributed by atoms with Crippen LogP contribution in [0.25, 0.3) is 0 Å². The third kappa shape index (κ3) is 6220. The standard InChI is InChI=1S/Al.3FH.4H2O/h;3*1H;4*1H2/q+3;;;;;;;/p-3. The highest BCUT2D eigenvalue weighted by Crippen LogP contribution is 1.80. The van der Waals surface area contributed by atoms with Crippen LogP contribution < -0.4 is 0 Å². The molecule has 0 spiro atoms. The predicted octanol–water partition coefficient (Wildman–Crippen LogP) is -2.42. The van der Waals surface area contributed by atoms with Crippen molar-refractivity contribution in [1.82, 2.24) is 0 Å². The Labute approximate surface area is 49.0 Å². The van der Waals surface area contributed by atoms with E-state index in [2.05, 4.69) is 0 Å². The summed E-state index contributed by atoms with van der Waals surface area (Å²) in [6.45, 7) is 0. The van der Waals surface area contributed by atoms with Crippen molar-refractivity contribution in [1.29, 1.82) is 0 Å². The Kier molecular flexibility index (Phi) is 142. The second kappa shape index (κ2) is 27.2. The second-order valence-electron chi connectivity index (χ2n) is 0.247. The number of rotatable bonds is 0. The first-order valence-corrected chi connectivity index (χ1v) is 1.96. The Morgan fingerprint density at radius 1 is 0.625 bits per heavy atom. The fraction of sp³-hybridized carbons (Fsp3) is 0. The molecule has 0 fully saturated rings. The van der Waals surface area contributed by atoms with Gasteiger partial charge in [-0.25, -0.2) is 0 Å². The first-order valence-electron chi connectivity index (χ1n) is 0.655. The molecule has 0 amide bonds. The number of hydrogen-bond acceptors (Lipinski definition) is 0. The Balaban J connectivity index is -0.00000000750. The Bertz CT molecular complexity index is 16.0. The van der Waals surface area contributed by atoms with E-state index in [0.29, 0.717) is 0 Å². The van der Waals surface area contributed by atoms with E-state index in [4.69, 9.17) is 0 Å². The van der Waals surface area contributed by atoms with Gasteiger partial charge in [0.2, 0.25) is 0 Å². The molecule has 4 nitrogen and oxygen atoms in total. The lowest BCUT2D eigenvalue weighted by Crippen LogP contribution is -1.76. The van der Waals surface area contributed by atoms with Crippen LogP contribution in [0.4, 0.5) is 10.6 Å². The first kappa shape index (κ1) is 41.9. The van der Waals surface area contributed by atoms with E-state index in [-0.39, 0.29) is 21.9 Å². The van der Waals surface area contributed by atoms with Crippen LogP contribution in [0.5, 0.6) is 0 Å². The molecule has 0 heterocycles. The molecular weight excluding hydrogens is 148 g/mol. The summed E-state index contributed by atoms with van der Waals surface area (Å²) < 4.78 is 29.4. The van der Waals surface area contributed by atoms with E-state index in [1.165, 1.54) is 0 Å². The minimum absolute atomic E-state index is 0. The molecule has 8 heteroatoms. The molecule has 56 valence electrons. The zero-order valence-corrected chi connectivity index (χ0v) is 4.87. The van der Waals surface area contributed by atoms with Crippen LogP contribution in [0.15, 0.2) is 0 Å². The van der Waals surface area contributed by atoms with Crippen molar-refractivity contribution in [2.75, 3.05) is 0 Å². The van der Waals surface area contributed by atoms with Crippen LogP contribution in [0, 0.1) is 0 Å². The topological polar surface area (TPSA) is 126 Å². The average molecular weight is 156 g/mol. The normalized spacial score (nSPS) is 3.38. The molecule has 0 aromatic rings. The molecule has 0 aromatic heterocycles. The van der Waals surface area contributed by atoms with Gasteiger partial charge in [0.05, 0.1) is 0 Å². The van der Waals surface area contributed by atoms with Gasteiger partial charge in [0.15, 0.2) is 0 Å². The first-order chi connectivity index (χ1) is 1.73. The summed E-state index contributed by atoms with van der Waals surface area (Å²) >= 11 is -4.64. The van der Waals surface area contributed by atoms with Crippen LogP contribution in [0.1, 0.15) is 0 Å². The van der Waals surface area contributed by atoms with E-state index in [1.807, 2.05) is 0 Å². The van der Waals surface area contributed by atoms with E-state index >= 15 is 0 Å². The smallest absolute Gasteiger partial charge is 0.412 e. The highest BCUT2D eigenvalue weighted by Gasteiger charge is 2.21. The van der Waals surface area contributed by atoms with Crippen molar-refractivity contribution in [3.05, 3.63) is 0 Å². The maximum absolute atomic E-state index is 9.81. The third-order valence-corrected chi connectivity index (χ3v) is 0. The highest BCUT2D eigenvalue weighted by atomic mass is 27.3. The Morgan fingerprint density at radius 2 is 0.625 bits per heavy atom. The van der Waals surface area contributed by atoms with Gasteiger partial charge in [-0.3, -0.25) is 0 Å². The van der Waals surface area contributed by atoms with E-state index in [0.717, 1.165) is 0 Å². The monoisotopic (exact) mass is 156 g/mol. The van der Waals surface area contributed by atoms with E-state index in [9.17, 15) is 10.6 Å². The molecule has 0 unspecified atom stereocenters. The molecule has 0 radical (unpaired) electrons. The molecule has 0 aliphatic rings. The second-order valence-corrected chi connectivity index (χ2v) is 0.742. The summed E-state index contributed by atoms with van der Waals surface area (Å²) in [6.07, 6.45) is 0. The third-order valence-electron chi connectivity index (χ3n) is 0. The lowest BCUT2D eigenvalue weighted by atomic mass is 16.0. The van der Waals surface area contributed by atoms with E-state index < -0.39 is 15.5 Å². The zero-order chi connectivity index (χ0) is 3.58. The zero-order valence-electron chi connectivity index (χ0n) is 3.71. The predicted molar refractivity (Wildman–Crippen MR) is 23.5 cm³/mol. The van der Waals surface area contributed by atoms with Gasteiger partial charge in [-0.05, 0) is 0 Å². The van der Waals surface area contributed by atoms with Gasteiger partial charge >= 0.3 is 15.5 Å². The molecule has 0 rings (SSSR count). The van der Waals surface area contributed by atoms with Gasteiger partial charge in [-0.2, -0.15) is 0 Å². The molecule has 8 N–H and O–H groups in total. The maximum atomic E-state index is 9.81. The number of hydrogen-bond donors (Lipinski definition) is 0. The molecule has 0 aromatic carbocycles. The minimum Gasteiger partial charge on any atom is -0.412 e. The van der Waals surface area contributed by atoms with Crippen molar-refractivity contribution in [2.45, 2.75) is 0 Å².